The van der Waals surface area contributed by atoms with Crippen LogP contribution in [-0.2, 0) is 29.8 Å². The van der Waals surface area contributed by atoms with E-state index in [1.807, 2.05) is 24.3 Å². The number of carbonyl (C=O) groups is 1. The number of thioether (sulfide) groups is 1. The maximum absolute atomic E-state index is 12.4. The van der Waals surface area contributed by atoms with E-state index in [1.54, 1.807) is 11.3 Å². The van der Waals surface area contributed by atoms with Gasteiger partial charge in [-0.2, -0.15) is 0 Å². The van der Waals surface area contributed by atoms with Gasteiger partial charge in [-0.05, 0) is 48.9 Å². The number of thiophene rings is 1. The van der Waals surface area contributed by atoms with Crippen LogP contribution in [0.15, 0.2) is 29.1 Å². The van der Waals surface area contributed by atoms with E-state index < -0.39 is 0 Å². The predicted octanol–water partition coefficient (Wildman–Crippen LogP) is 3.72. The highest BCUT2D eigenvalue weighted by atomic mass is 35.5. The van der Waals surface area contributed by atoms with Gasteiger partial charge in [0.2, 0.25) is 5.91 Å². The van der Waals surface area contributed by atoms with Crippen LogP contribution in [0.4, 0.5) is 0 Å². The van der Waals surface area contributed by atoms with E-state index in [-0.39, 0.29) is 11.5 Å². The number of hydrogen-bond acceptors (Lipinski definition) is 5. The van der Waals surface area contributed by atoms with Gasteiger partial charge in [-0.3, -0.25) is 9.59 Å². The first-order valence-electron chi connectivity index (χ1n) is 9.22. The van der Waals surface area contributed by atoms with E-state index in [4.69, 9.17) is 11.6 Å². The van der Waals surface area contributed by atoms with Gasteiger partial charge < -0.3 is 10.3 Å². The topological polar surface area (TPSA) is 74.8 Å². The summed E-state index contributed by atoms with van der Waals surface area (Å²) in [6, 6.07) is 7.63. The summed E-state index contributed by atoms with van der Waals surface area (Å²) in [7, 11) is 0. The standard InChI is InChI=1S/C20H20ClN3O2S2/c21-13-4-1-3-12(9-13)7-8-22-17(25)11-27-10-16-23-19(26)18-14-5-2-6-15(14)28-20(18)24-16/h1,3-4,9H,2,5-8,10-11H2,(H,22,25)(H,23,24,26). The Morgan fingerprint density at radius 2 is 2.25 bits per heavy atom. The molecule has 0 spiro atoms. The second-order valence-electron chi connectivity index (χ2n) is 6.77. The molecule has 0 aliphatic heterocycles. The fourth-order valence-corrected chi connectivity index (χ4v) is 5.66. The van der Waals surface area contributed by atoms with Crippen LogP contribution in [0.5, 0.6) is 0 Å². The number of carbonyl (C=O) groups excluding carboxylic acids is 1. The zero-order valence-corrected chi connectivity index (χ0v) is 17.6. The van der Waals surface area contributed by atoms with Crippen molar-refractivity contribution in [3.63, 3.8) is 0 Å². The number of hydrogen-bond donors (Lipinski definition) is 2. The highest BCUT2D eigenvalue weighted by Gasteiger charge is 2.21. The quantitative estimate of drug-likeness (QED) is 0.595. The van der Waals surface area contributed by atoms with Gasteiger partial charge in [-0.1, -0.05) is 23.7 Å². The number of aryl methyl sites for hydroxylation is 2. The van der Waals surface area contributed by atoms with E-state index in [0.717, 1.165) is 41.5 Å². The lowest BCUT2D eigenvalue weighted by Crippen LogP contribution is -2.27. The number of amides is 1. The minimum absolute atomic E-state index is 0.0226. The third kappa shape index (κ3) is 4.42. The molecule has 1 aliphatic carbocycles. The van der Waals surface area contributed by atoms with Crippen molar-refractivity contribution in [3.05, 3.63) is 61.5 Å². The summed E-state index contributed by atoms with van der Waals surface area (Å²) < 4.78 is 0. The molecule has 5 nitrogen and oxygen atoms in total. The van der Waals surface area contributed by atoms with Crippen molar-refractivity contribution < 1.29 is 4.79 Å². The number of benzene rings is 1. The Kier molecular flexibility index (Phi) is 6.04. The molecule has 0 unspecified atom stereocenters. The average Bonchev–Trinajstić information content (AvgIpc) is 3.22. The molecule has 2 heterocycles. The molecular weight excluding hydrogens is 414 g/mol. The Hall–Kier alpha value is -1.83. The number of H-pyrrole nitrogens is 1. The van der Waals surface area contributed by atoms with Crippen molar-refractivity contribution in [1.29, 1.82) is 0 Å². The van der Waals surface area contributed by atoms with Crippen LogP contribution >= 0.6 is 34.7 Å². The molecule has 1 amide bonds. The Morgan fingerprint density at radius 3 is 3.11 bits per heavy atom. The Morgan fingerprint density at radius 1 is 1.36 bits per heavy atom. The fraction of sp³-hybridized carbons (Fsp3) is 0.350. The lowest BCUT2D eigenvalue weighted by molar-refractivity contribution is -0.118. The summed E-state index contributed by atoms with van der Waals surface area (Å²) in [5.74, 6) is 1.45. The second-order valence-corrected chi connectivity index (χ2v) is 9.28. The fourth-order valence-electron chi connectivity index (χ4n) is 3.45. The zero-order chi connectivity index (χ0) is 19.5. The first-order valence-corrected chi connectivity index (χ1v) is 11.6. The van der Waals surface area contributed by atoms with Crippen molar-refractivity contribution in [2.45, 2.75) is 31.4 Å². The van der Waals surface area contributed by atoms with Crippen LogP contribution in [0.1, 0.15) is 28.2 Å². The van der Waals surface area contributed by atoms with Gasteiger partial charge in [0.1, 0.15) is 10.7 Å². The molecule has 3 aromatic rings. The molecule has 0 radical (unpaired) electrons. The van der Waals surface area contributed by atoms with Gasteiger partial charge in [0.25, 0.3) is 5.56 Å². The molecule has 2 N–H and O–H groups in total. The summed E-state index contributed by atoms with van der Waals surface area (Å²) >= 11 is 9.05. The summed E-state index contributed by atoms with van der Waals surface area (Å²) in [5.41, 5.74) is 2.23. The molecule has 2 aromatic heterocycles. The first kappa shape index (κ1) is 19.5. The number of fused-ring (bicyclic) bond motifs is 3. The van der Waals surface area contributed by atoms with Crippen molar-refractivity contribution in [3.8, 4) is 0 Å². The molecule has 28 heavy (non-hydrogen) atoms. The van der Waals surface area contributed by atoms with Crippen LogP contribution < -0.4 is 10.9 Å². The molecule has 4 rings (SSSR count). The highest BCUT2D eigenvalue weighted by molar-refractivity contribution is 7.99. The van der Waals surface area contributed by atoms with Crippen molar-refractivity contribution in [2.24, 2.45) is 0 Å². The van der Waals surface area contributed by atoms with Gasteiger partial charge in [0, 0.05) is 16.4 Å². The Bertz CT molecular complexity index is 1080. The molecule has 0 bridgehead atoms. The van der Waals surface area contributed by atoms with Gasteiger partial charge in [-0.15, -0.1) is 23.1 Å². The van der Waals surface area contributed by atoms with E-state index in [2.05, 4.69) is 15.3 Å². The lowest BCUT2D eigenvalue weighted by Gasteiger charge is -2.06. The number of halogens is 1. The predicted molar refractivity (Wildman–Crippen MR) is 117 cm³/mol. The van der Waals surface area contributed by atoms with Crippen molar-refractivity contribution in [2.75, 3.05) is 12.3 Å². The van der Waals surface area contributed by atoms with E-state index in [1.165, 1.54) is 22.2 Å². The molecule has 146 valence electrons. The largest absolute Gasteiger partial charge is 0.355 e. The maximum atomic E-state index is 12.4. The molecule has 0 fully saturated rings. The number of rotatable bonds is 7. The molecular formula is C20H20ClN3O2S2. The van der Waals surface area contributed by atoms with Crippen LogP contribution in [0, 0.1) is 0 Å². The molecule has 1 aliphatic rings. The van der Waals surface area contributed by atoms with Crippen LogP contribution in [0.25, 0.3) is 10.2 Å². The number of nitrogens with one attached hydrogen (secondary N) is 2. The molecule has 8 heteroatoms. The third-order valence-electron chi connectivity index (χ3n) is 4.72. The molecule has 0 atom stereocenters. The minimum atomic E-state index is -0.0500. The minimum Gasteiger partial charge on any atom is -0.355 e. The lowest BCUT2D eigenvalue weighted by atomic mass is 10.1. The molecule has 1 aromatic carbocycles. The van der Waals surface area contributed by atoms with Gasteiger partial charge >= 0.3 is 0 Å². The summed E-state index contributed by atoms with van der Waals surface area (Å²) in [6.07, 6.45) is 3.89. The third-order valence-corrected chi connectivity index (χ3v) is 7.09. The van der Waals surface area contributed by atoms with Crippen molar-refractivity contribution in [1.82, 2.24) is 15.3 Å². The van der Waals surface area contributed by atoms with Crippen LogP contribution in [-0.4, -0.2) is 28.2 Å². The zero-order valence-electron chi connectivity index (χ0n) is 15.2. The number of aromatic nitrogens is 2. The Labute approximate surface area is 175 Å². The smallest absolute Gasteiger partial charge is 0.259 e. The monoisotopic (exact) mass is 433 g/mol. The average molecular weight is 434 g/mol. The molecule has 0 saturated carbocycles. The maximum Gasteiger partial charge on any atom is 0.259 e. The van der Waals surface area contributed by atoms with E-state index in [9.17, 15) is 9.59 Å². The van der Waals surface area contributed by atoms with Gasteiger partial charge in [0.05, 0.1) is 16.9 Å². The Balaban J connectivity index is 1.27. The van der Waals surface area contributed by atoms with Crippen molar-refractivity contribution >= 4 is 50.8 Å². The van der Waals surface area contributed by atoms with Gasteiger partial charge in [0.15, 0.2) is 0 Å². The van der Waals surface area contributed by atoms with E-state index >= 15 is 0 Å². The van der Waals surface area contributed by atoms with Gasteiger partial charge in [-0.25, -0.2) is 4.98 Å². The number of nitrogens with zero attached hydrogens (tertiary/aromatic N) is 1. The normalized spacial score (nSPS) is 13.0. The summed E-state index contributed by atoms with van der Waals surface area (Å²) in [5, 5.41) is 4.38. The first-order chi connectivity index (χ1) is 13.6. The highest BCUT2D eigenvalue weighted by Crippen LogP contribution is 2.34. The summed E-state index contributed by atoms with van der Waals surface area (Å²) in [4.78, 5) is 34.1. The second kappa shape index (κ2) is 8.68. The van der Waals surface area contributed by atoms with Crippen LogP contribution in [0.2, 0.25) is 5.02 Å². The van der Waals surface area contributed by atoms with E-state index in [0.29, 0.717) is 28.9 Å². The number of aromatic amines is 1. The van der Waals surface area contributed by atoms with Crippen LogP contribution in [0.3, 0.4) is 0 Å². The SMILES string of the molecule is O=C(CSCc1nc2sc3c(c2c(=O)[nH]1)CCC3)NCCc1cccc(Cl)c1. The molecule has 0 saturated heterocycles. The summed E-state index contributed by atoms with van der Waals surface area (Å²) in [6.45, 7) is 0.571.